The standard InChI is InChI=1S/C31H30N4O4/c1-38-24-15-9-21(10-16-24)30-28-8-5-19-33(28)26-6-3-4-7-27(26)35(30)29(36)20-34(23-13-14-23)31(37)32-22-11-17-25(39-2)18-12-22/h3-12,15-19,23,30H,13-14,20H2,1-2H3,(H,32,37). The summed E-state index contributed by atoms with van der Waals surface area (Å²) in [4.78, 5) is 31.1. The van der Waals surface area contributed by atoms with Crippen molar-refractivity contribution in [3.63, 3.8) is 0 Å². The van der Waals surface area contributed by atoms with E-state index in [-0.39, 0.29) is 30.6 Å². The average molecular weight is 523 g/mol. The average Bonchev–Trinajstić information content (AvgIpc) is 3.70. The van der Waals surface area contributed by atoms with Crippen LogP contribution in [0.1, 0.15) is 30.1 Å². The number of amides is 3. The van der Waals surface area contributed by atoms with Crippen LogP contribution in [0.3, 0.4) is 0 Å². The minimum Gasteiger partial charge on any atom is -0.497 e. The van der Waals surface area contributed by atoms with Crippen molar-refractivity contribution in [3.8, 4) is 17.2 Å². The van der Waals surface area contributed by atoms with Crippen LogP contribution in [-0.2, 0) is 4.79 Å². The molecule has 0 radical (unpaired) electrons. The van der Waals surface area contributed by atoms with E-state index in [2.05, 4.69) is 9.88 Å². The number of hydrogen-bond acceptors (Lipinski definition) is 4. The molecule has 1 saturated carbocycles. The number of nitrogens with zero attached hydrogens (tertiary/aromatic N) is 3. The van der Waals surface area contributed by atoms with Gasteiger partial charge in [0.15, 0.2) is 0 Å². The van der Waals surface area contributed by atoms with Gasteiger partial charge in [0, 0.05) is 17.9 Å². The predicted molar refractivity (Wildman–Crippen MR) is 150 cm³/mol. The molecule has 8 heteroatoms. The molecule has 8 nitrogen and oxygen atoms in total. The third kappa shape index (κ3) is 4.69. The number of rotatable bonds is 7. The van der Waals surface area contributed by atoms with Gasteiger partial charge in [-0.15, -0.1) is 0 Å². The maximum atomic E-state index is 14.2. The maximum Gasteiger partial charge on any atom is 0.322 e. The number of fused-ring (bicyclic) bond motifs is 3. The molecule has 0 saturated heterocycles. The van der Waals surface area contributed by atoms with Crippen LogP contribution in [0.5, 0.6) is 11.5 Å². The van der Waals surface area contributed by atoms with E-state index in [0.717, 1.165) is 41.2 Å². The number of benzene rings is 3. The minimum atomic E-state index is -0.362. The monoisotopic (exact) mass is 522 g/mol. The second kappa shape index (κ2) is 10.2. The first-order valence-corrected chi connectivity index (χ1v) is 13.0. The highest BCUT2D eigenvalue weighted by Gasteiger charge is 2.40. The number of aromatic nitrogens is 1. The lowest BCUT2D eigenvalue weighted by molar-refractivity contribution is -0.119. The highest BCUT2D eigenvalue weighted by atomic mass is 16.5. The summed E-state index contributed by atoms with van der Waals surface area (Å²) in [5.41, 5.74) is 4.32. The molecule has 3 aromatic carbocycles. The lowest BCUT2D eigenvalue weighted by Gasteiger charge is -2.39. The first-order chi connectivity index (χ1) is 19.1. The molecule has 198 valence electrons. The van der Waals surface area contributed by atoms with Crippen molar-refractivity contribution in [3.05, 3.63) is 102 Å². The van der Waals surface area contributed by atoms with Gasteiger partial charge in [-0.2, -0.15) is 0 Å². The van der Waals surface area contributed by atoms with Crippen LogP contribution in [0.4, 0.5) is 16.2 Å². The SMILES string of the molecule is COc1ccc(NC(=O)N(CC(=O)N2c3ccccc3-n3cccc3C2c2ccc(OC)cc2)C2CC2)cc1. The topological polar surface area (TPSA) is 76.0 Å². The van der Waals surface area contributed by atoms with Crippen LogP contribution < -0.4 is 19.7 Å². The summed E-state index contributed by atoms with van der Waals surface area (Å²) in [5, 5.41) is 2.95. The summed E-state index contributed by atoms with van der Waals surface area (Å²) in [7, 11) is 3.24. The van der Waals surface area contributed by atoms with Gasteiger partial charge in [0.25, 0.3) is 0 Å². The number of para-hydroxylation sites is 2. The van der Waals surface area contributed by atoms with Crippen molar-refractivity contribution in [2.75, 3.05) is 31.0 Å². The van der Waals surface area contributed by atoms with E-state index in [1.54, 1.807) is 43.4 Å². The lowest BCUT2D eigenvalue weighted by Crippen LogP contribution is -2.48. The molecule has 1 aliphatic heterocycles. The Balaban J connectivity index is 1.33. The molecule has 2 heterocycles. The van der Waals surface area contributed by atoms with Crippen molar-refractivity contribution in [2.45, 2.75) is 24.9 Å². The van der Waals surface area contributed by atoms with E-state index < -0.39 is 0 Å². The largest absolute Gasteiger partial charge is 0.497 e. The van der Waals surface area contributed by atoms with Crippen LogP contribution in [0.15, 0.2) is 91.1 Å². The number of carbonyl (C=O) groups excluding carboxylic acids is 2. The number of hydrogen-bond donors (Lipinski definition) is 1. The summed E-state index contributed by atoms with van der Waals surface area (Å²) in [6, 6.07) is 26.3. The Morgan fingerprint density at radius 3 is 2.13 bits per heavy atom. The molecule has 2 aliphatic rings. The number of carbonyl (C=O) groups is 2. The first kappa shape index (κ1) is 24.6. The van der Waals surface area contributed by atoms with Gasteiger partial charge < -0.3 is 24.3 Å². The second-order valence-corrected chi connectivity index (χ2v) is 9.75. The van der Waals surface area contributed by atoms with Gasteiger partial charge >= 0.3 is 6.03 Å². The Hall–Kier alpha value is -4.72. The molecule has 1 N–H and O–H groups in total. The molecule has 3 amide bonds. The van der Waals surface area contributed by atoms with Gasteiger partial charge in [-0.3, -0.25) is 9.69 Å². The second-order valence-electron chi connectivity index (χ2n) is 9.75. The highest BCUT2D eigenvalue weighted by molar-refractivity contribution is 6.01. The number of anilines is 2. The van der Waals surface area contributed by atoms with E-state index in [1.807, 2.05) is 71.8 Å². The van der Waals surface area contributed by atoms with Crippen LogP contribution in [0.2, 0.25) is 0 Å². The molecule has 39 heavy (non-hydrogen) atoms. The summed E-state index contributed by atoms with van der Waals surface area (Å²) in [6.07, 6.45) is 3.78. The molecule has 1 aliphatic carbocycles. The molecule has 6 rings (SSSR count). The van der Waals surface area contributed by atoms with Gasteiger partial charge in [-0.25, -0.2) is 4.79 Å². The van der Waals surface area contributed by atoms with Gasteiger partial charge in [0.2, 0.25) is 5.91 Å². The normalized spacial score (nSPS) is 15.6. The van der Waals surface area contributed by atoms with Crippen LogP contribution in [0, 0.1) is 0 Å². The highest BCUT2D eigenvalue weighted by Crippen LogP contribution is 2.43. The number of ether oxygens (including phenoxy) is 2. The summed E-state index contributed by atoms with van der Waals surface area (Å²) in [6.45, 7) is -0.0334. The van der Waals surface area contributed by atoms with Gasteiger partial charge in [0.1, 0.15) is 24.1 Å². The molecular formula is C31H30N4O4. The molecule has 1 aromatic heterocycles. The molecule has 4 aromatic rings. The minimum absolute atomic E-state index is 0.0334. The Morgan fingerprint density at radius 1 is 0.846 bits per heavy atom. The Bertz CT molecular complexity index is 1490. The van der Waals surface area contributed by atoms with E-state index in [1.165, 1.54) is 0 Å². The number of nitrogens with one attached hydrogen (secondary N) is 1. The summed E-state index contributed by atoms with van der Waals surface area (Å²) < 4.78 is 12.7. The Morgan fingerprint density at radius 2 is 1.49 bits per heavy atom. The van der Waals surface area contributed by atoms with Gasteiger partial charge in [-0.1, -0.05) is 24.3 Å². The van der Waals surface area contributed by atoms with Crippen LogP contribution in [0.25, 0.3) is 5.69 Å². The summed E-state index contributed by atoms with van der Waals surface area (Å²) in [5.74, 6) is 1.31. The Labute approximate surface area is 227 Å². The molecule has 1 unspecified atom stereocenters. The van der Waals surface area contributed by atoms with Crippen molar-refractivity contribution in [2.24, 2.45) is 0 Å². The van der Waals surface area contributed by atoms with E-state index in [0.29, 0.717) is 11.4 Å². The van der Waals surface area contributed by atoms with Crippen molar-refractivity contribution in [1.29, 1.82) is 0 Å². The molecule has 0 spiro atoms. The summed E-state index contributed by atoms with van der Waals surface area (Å²) >= 11 is 0. The van der Waals surface area contributed by atoms with Crippen LogP contribution in [-0.4, -0.2) is 48.2 Å². The smallest absolute Gasteiger partial charge is 0.322 e. The van der Waals surface area contributed by atoms with E-state index in [4.69, 9.17) is 9.47 Å². The fraction of sp³-hybridized carbons (Fsp3) is 0.226. The first-order valence-electron chi connectivity index (χ1n) is 13.0. The van der Waals surface area contributed by atoms with Crippen molar-refractivity contribution in [1.82, 2.24) is 9.47 Å². The third-order valence-corrected chi connectivity index (χ3v) is 7.32. The number of methoxy groups -OCH3 is 2. The Kier molecular flexibility index (Phi) is 6.44. The predicted octanol–water partition coefficient (Wildman–Crippen LogP) is 5.63. The molecule has 0 bridgehead atoms. The third-order valence-electron chi connectivity index (χ3n) is 7.32. The number of urea groups is 1. The van der Waals surface area contributed by atoms with E-state index in [9.17, 15) is 9.59 Å². The fourth-order valence-corrected chi connectivity index (χ4v) is 5.21. The van der Waals surface area contributed by atoms with E-state index >= 15 is 0 Å². The quantitative estimate of drug-likeness (QED) is 0.342. The maximum absolute atomic E-state index is 14.2. The fourth-order valence-electron chi connectivity index (χ4n) is 5.21. The van der Waals surface area contributed by atoms with Gasteiger partial charge in [-0.05, 0) is 79.1 Å². The lowest BCUT2D eigenvalue weighted by atomic mass is 9.97. The van der Waals surface area contributed by atoms with Crippen LogP contribution >= 0.6 is 0 Å². The van der Waals surface area contributed by atoms with Crippen molar-refractivity contribution < 1.29 is 19.1 Å². The molecule has 1 atom stereocenters. The zero-order chi connectivity index (χ0) is 26.9. The zero-order valence-corrected chi connectivity index (χ0v) is 21.9. The molecular weight excluding hydrogens is 492 g/mol. The molecule has 1 fully saturated rings. The van der Waals surface area contributed by atoms with Gasteiger partial charge in [0.05, 0.1) is 31.3 Å². The zero-order valence-electron chi connectivity index (χ0n) is 21.9. The van der Waals surface area contributed by atoms with Crippen molar-refractivity contribution >= 4 is 23.3 Å².